The van der Waals surface area contributed by atoms with E-state index >= 15 is 0 Å². The van der Waals surface area contributed by atoms with E-state index in [2.05, 4.69) is 10.6 Å². The fourth-order valence-corrected chi connectivity index (χ4v) is 2.42. The van der Waals surface area contributed by atoms with Gasteiger partial charge >= 0.3 is 5.97 Å². The number of carbonyl (C=O) groups excluding carboxylic acids is 1. The minimum Gasteiger partial charge on any atom is -0.478 e. The summed E-state index contributed by atoms with van der Waals surface area (Å²) < 4.78 is 0. The van der Waals surface area contributed by atoms with Crippen LogP contribution in [0.15, 0.2) is 18.2 Å². The zero-order chi connectivity index (χ0) is 14.0. The van der Waals surface area contributed by atoms with Gasteiger partial charge in [-0.15, -0.1) is 0 Å². The van der Waals surface area contributed by atoms with E-state index in [1.54, 1.807) is 6.07 Å². The van der Waals surface area contributed by atoms with Crippen molar-refractivity contribution in [2.45, 2.75) is 19.4 Å². The highest BCUT2D eigenvalue weighted by Gasteiger charge is 2.29. The van der Waals surface area contributed by atoms with E-state index in [0.29, 0.717) is 5.69 Å². The van der Waals surface area contributed by atoms with Crippen molar-refractivity contribution in [2.75, 3.05) is 11.9 Å². The van der Waals surface area contributed by atoms with Gasteiger partial charge < -0.3 is 15.7 Å². The molecule has 0 bridgehead atoms. The van der Waals surface area contributed by atoms with E-state index in [-0.39, 0.29) is 28.5 Å². The minimum absolute atomic E-state index is 0.0166. The Labute approximate surface area is 116 Å². The molecule has 2 atom stereocenters. The van der Waals surface area contributed by atoms with Gasteiger partial charge in [0.1, 0.15) is 0 Å². The Morgan fingerprint density at radius 3 is 2.79 bits per heavy atom. The number of hydrogen-bond acceptors (Lipinski definition) is 3. The molecule has 1 amide bonds. The molecule has 1 fully saturated rings. The van der Waals surface area contributed by atoms with Crippen molar-refractivity contribution in [3.63, 3.8) is 0 Å². The summed E-state index contributed by atoms with van der Waals surface area (Å²) in [7, 11) is 0. The molecule has 19 heavy (non-hydrogen) atoms. The first kappa shape index (κ1) is 13.8. The van der Waals surface area contributed by atoms with Crippen LogP contribution in [0.4, 0.5) is 5.69 Å². The minimum atomic E-state index is -1.11. The first-order valence-electron chi connectivity index (χ1n) is 6.06. The van der Waals surface area contributed by atoms with Crippen molar-refractivity contribution in [2.24, 2.45) is 5.92 Å². The van der Waals surface area contributed by atoms with Gasteiger partial charge in [-0.1, -0.05) is 11.6 Å². The van der Waals surface area contributed by atoms with E-state index in [1.807, 2.05) is 6.92 Å². The number of nitrogens with one attached hydrogen (secondary N) is 2. The molecule has 0 radical (unpaired) electrons. The average Bonchev–Trinajstić information content (AvgIpc) is 2.77. The van der Waals surface area contributed by atoms with Gasteiger partial charge in [-0.05, 0) is 38.1 Å². The van der Waals surface area contributed by atoms with Gasteiger partial charge in [0.2, 0.25) is 5.91 Å². The van der Waals surface area contributed by atoms with E-state index in [1.165, 1.54) is 12.1 Å². The lowest BCUT2D eigenvalue weighted by atomic mass is 10.0. The van der Waals surface area contributed by atoms with E-state index in [4.69, 9.17) is 16.7 Å². The number of hydrogen-bond donors (Lipinski definition) is 3. The van der Waals surface area contributed by atoms with Crippen LogP contribution in [0.3, 0.4) is 0 Å². The van der Waals surface area contributed by atoms with Gasteiger partial charge in [0, 0.05) is 11.7 Å². The Morgan fingerprint density at radius 1 is 1.47 bits per heavy atom. The standard InChI is InChI=1S/C13H15ClN2O3/c1-7-9(4-5-15-7)12(17)16-8-2-3-11(14)10(6-8)13(18)19/h2-3,6-7,9,15H,4-5H2,1H3,(H,16,17)(H,18,19). The van der Waals surface area contributed by atoms with Crippen molar-refractivity contribution < 1.29 is 14.7 Å². The van der Waals surface area contributed by atoms with Crippen LogP contribution in [0.2, 0.25) is 5.02 Å². The van der Waals surface area contributed by atoms with E-state index in [0.717, 1.165) is 13.0 Å². The molecule has 2 unspecified atom stereocenters. The highest BCUT2D eigenvalue weighted by Crippen LogP contribution is 2.22. The summed E-state index contributed by atoms with van der Waals surface area (Å²) in [5.74, 6) is -1.31. The van der Waals surface area contributed by atoms with Gasteiger partial charge in [0.05, 0.1) is 16.5 Å². The van der Waals surface area contributed by atoms with Crippen LogP contribution in [0.25, 0.3) is 0 Å². The molecule has 5 nitrogen and oxygen atoms in total. The molecule has 1 aromatic carbocycles. The number of amides is 1. The highest BCUT2D eigenvalue weighted by atomic mass is 35.5. The summed E-state index contributed by atoms with van der Waals surface area (Å²) in [5.41, 5.74) is 0.433. The van der Waals surface area contributed by atoms with Gasteiger partial charge in [0.25, 0.3) is 0 Å². The predicted molar refractivity (Wildman–Crippen MR) is 72.6 cm³/mol. The summed E-state index contributed by atoms with van der Waals surface area (Å²) in [5, 5.41) is 15.1. The number of carboxylic acids is 1. The van der Waals surface area contributed by atoms with Crippen LogP contribution < -0.4 is 10.6 Å². The monoisotopic (exact) mass is 282 g/mol. The lowest BCUT2D eigenvalue weighted by Gasteiger charge is -2.15. The molecule has 1 heterocycles. The maximum atomic E-state index is 12.1. The SMILES string of the molecule is CC1NCCC1C(=O)Nc1ccc(Cl)c(C(=O)O)c1. The Bertz CT molecular complexity index is 519. The van der Waals surface area contributed by atoms with Gasteiger partial charge in [0.15, 0.2) is 0 Å². The predicted octanol–water partition coefficient (Wildman–Crippen LogP) is 1.97. The van der Waals surface area contributed by atoms with Crippen molar-refractivity contribution in [1.29, 1.82) is 0 Å². The Kier molecular flexibility index (Phi) is 4.07. The topological polar surface area (TPSA) is 78.4 Å². The molecular weight excluding hydrogens is 268 g/mol. The third kappa shape index (κ3) is 3.05. The molecule has 2 rings (SSSR count). The number of aromatic carboxylic acids is 1. The number of benzene rings is 1. The molecule has 1 saturated heterocycles. The molecule has 102 valence electrons. The molecule has 3 N–H and O–H groups in total. The molecular formula is C13H15ClN2O3. The normalized spacial score (nSPS) is 22.2. The number of anilines is 1. The van der Waals surface area contributed by atoms with Crippen LogP contribution in [-0.4, -0.2) is 29.6 Å². The van der Waals surface area contributed by atoms with Crippen LogP contribution in [-0.2, 0) is 4.79 Å². The molecule has 0 aliphatic carbocycles. The Morgan fingerprint density at radius 2 is 2.21 bits per heavy atom. The van der Waals surface area contributed by atoms with Crippen LogP contribution in [0.1, 0.15) is 23.7 Å². The lowest BCUT2D eigenvalue weighted by molar-refractivity contribution is -0.120. The first-order chi connectivity index (χ1) is 8.99. The van der Waals surface area contributed by atoms with Crippen LogP contribution in [0.5, 0.6) is 0 Å². The van der Waals surface area contributed by atoms with Crippen molar-refractivity contribution >= 4 is 29.2 Å². The Balaban J connectivity index is 2.13. The summed E-state index contributed by atoms with van der Waals surface area (Å²) in [6.45, 7) is 2.78. The van der Waals surface area contributed by atoms with E-state index < -0.39 is 5.97 Å². The summed E-state index contributed by atoms with van der Waals surface area (Å²) in [4.78, 5) is 23.0. The fraction of sp³-hybridized carbons (Fsp3) is 0.385. The molecule has 0 saturated carbocycles. The third-order valence-corrected chi connectivity index (χ3v) is 3.66. The lowest BCUT2D eigenvalue weighted by Crippen LogP contribution is -2.32. The fourth-order valence-electron chi connectivity index (χ4n) is 2.22. The zero-order valence-electron chi connectivity index (χ0n) is 10.4. The van der Waals surface area contributed by atoms with Crippen LogP contribution >= 0.6 is 11.6 Å². The average molecular weight is 283 g/mol. The molecule has 6 heteroatoms. The van der Waals surface area contributed by atoms with Crippen molar-refractivity contribution in [1.82, 2.24) is 5.32 Å². The Hall–Kier alpha value is -1.59. The van der Waals surface area contributed by atoms with Gasteiger partial charge in [-0.25, -0.2) is 4.79 Å². The largest absolute Gasteiger partial charge is 0.478 e. The first-order valence-corrected chi connectivity index (χ1v) is 6.44. The quantitative estimate of drug-likeness (QED) is 0.792. The van der Waals surface area contributed by atoms with Crippen molar-refractivity contribution in [3.05, 3.63) is 28.8 Å². The van der Waals surface area contributed by atoms with Gasteiger partial charge in [-0.2, -0.15) is 0 Å². The zero-order valence-corrected chi connectivity index (χ0v) is 11.2. The van der Waals surface area contributed by atoms with Crippen LogP contribution in [0, 0.1) is 5.92 Å². The number of carbonyl (C=O) groups is 2. The highest BCUT2D eigenvalue weighted by molar-refractivity contribution is 6.33. The maximum Gasteiger partial charge on any atom is 0.337 e. The summed E-state index contributed by atoms with van der Waals surface area (Å²) in [6, 6.07) is 4.57. The second-order valence-corrected chi connectivity index (χ2v) is 5.03. The second-order valence-electron chi connectivity index (χ2n) is 4.63. The smallest absolute Gasteiger partial charge is 0.337 e. The summed E-state index contributed by atoms with van der Waals surface area (Å²) >= 11 is 5.77. The van der Waals surface area contributed by atoms with Gasteiger partial charge in [-0.3, -0.25) is 4.79 Å². The second kappa shape index (κ2) is 5.59. The number of rotatable bonds is 3. The third-order valence-electron chi connectivity index (χ3n) is 3.33. The molecule has 0 spiro atoms. The molecule has 0 aromatic heterocycles. The van der Waals surface area contributed by atoms with E-state index in [9.17, 15) is 9.59 Å². The molecule has 1 aliphatic heterocycles. The summed E-state index contributed by atoms with van der Waals surface area (Å²) in [6.07, 6.45) is 0.784. The maximum absolute atomic E-state index is 12.1. The number of halogens is 1. The van der Waals surface area contributed by atoms with Crippen molar-refractivity contribution in [3.8, 4) is 0 Å². The molecule has 1 aromatic rings. The molecule has 1 aliphatic rings. The number of carboxylic acid groups (broad SMARTS) is 1.